The van der Waals surface area contributed by atoms with Crippen molar-refractivity contribution in [3.63, 3.8) is 0 Å². The Kier molecular flexibility index (Phi) is 4.92. The van der Waals surface area contributed by atoms with Gasteiger partial charge in [0.05, 0.1) is 11.7 Å². The van der Waals surface area contributed by atoms with E-state index in [9.17, 15) is 14.4 Å². The van der Waals surface area contributed by atoms with Crippen molar-refractivity contribution >= 4 is 22.7 Å². The molecule has 2 aromatic rings. The summed E-state index contributed by atoms with van der Waals surface area (Å²) in [5.41, 5.74) is 0.515. The van der Waals surface area contributed by atoms with Crippen molar-refractivity contribution in [2.45, 2.75) is 32.2 Å². The summed E-state index contributed by atoms with van der Waals surface area (Å²) in [6.07, 6.45) is 5.56. The van der Waals surface area contributed by atoms with Gasteiger partial charge in [-0.1, -0.05) is 25.0 Å². The SMILES string of the molecule is O=C(Cn1ncc(=O)c2ccccc21)N1CCN(C(=O)C2CCCC2)CC1. The van der Waals surface area contributed by atoms with Gasteiger partial charge in [-0.15, -0.1) is 0 Å². The molecule has 0 radical (unpaired) electrons. The minimum absolute atomic E-state index is 0.0377. The van der Waals surface area contributed by atoms with Crippen LogP contribution in [0.15, 0.2) is 35.3 Å². The highest BCUT2D eigenvalue weighted by molar-refractivity contribution is 5.82. The molecular formula is C20H24N4O3. The number of aromatic nitrogens is 2. The summed E-state index contributed by atoms with van der Waals surface area (Å²) in [4.78, 5) is 40.9. The monoisotopic (exact) mass is 368 g/mol. The number of rotatable bonds is 3. The number of para-hydroxylation sites is 1. The first-order valence-corrected chi connectivity index (χ1v) is 9.65. The topological polar surface area (TPSA) is 75.5 Å². The van der Waals surface area contributed by atoms with E-state index in [4.69, 9.17) is 0 Å². The average Bonchev–Trinajstić information content (AvgIpc) is 3.25. The molecule has 1 saturated carbocycles. The zero-order chi connectivity index (χ0) is 18.8. The lowest BCUT2D eigenvalue weighted by molar-refractivity contribution is -0.142. The summed E-state index contributed by atoms with van der Waals surface area (Å²) in [7, 11) is 0. The second-order valence-electron chi connectivity index (χ2n) is 7.37. The molecule has 142 valence electrons. The predicted molar refractivity (Wildman–Crippen MR) is 101 cm³/mol. The first-order valence-electron chi connectivity index (χ1n) is 9.65. The third-order valence-corrected chi connectivity index (χ3v) is 5.70. The third kappa shape index (κ3) is 3.59. The highest BCUT2D eigenvalue weighted by Gasteiger charge is 2.30. The summed E-state index contributed by atoms with van der Waals surface area (Å²) in [5, 5.41) is 4.69. The molecular weight excluding hydrogens is 344 g/mol. The Labute approximate surface area is 157 Å². The van der Waals surface area contributed by atoms with Crippen LogP contribution in [0.25, 0.3) is 10.9 Å². The first kappa shape index (κ1) is 17.7. The molecule has 0 bridgehead atoms. The van der Waals surface area contributed by atoms with Gasteiger partial charge in [0, 0.05) is 37.5 Å². The van der Waals surface area contributed by atoms with Gasteiger partial charge < -0.3 is 9.80 Å². The molecule has 4 rings (SSSR count). The number of benzene rings is 1. The predicted octanol–water partition coefficient (Wildman–Crippen LogP) is 1.26. The van der Waals surface area contributed by atoms with Crippen LogP contribution in [-0.2, 0) is 16.1 Å². The molecule has 1 aliphatic heterocycles. The molecule has 2 heterocycles. The summed E-state index contributed by atoms with van der Waals surface area (Å²) >= 11 is 0. The molecule has 7 heteroatoms. The standard InChI is InChI=1S/C20H24N4O3/c25-18-13-21-24(17-8-4-3-7-16(17)18)14-19(26)22-9-11-23(12-10-22)20(27)15-5-1-2-6-15/h3-4,7-8,13,15H,1-2,5-6,9-12,14H2. The molecule has 0 atom stereocenters. The maximum Gasteiger partial charge on any atom is 0.244 e. The zero-order valence-corrected chi connectivity index (χ0v) is 15.3. The summed E-state index contributed by atoms with van der Waals surface area (Å²) < 4.78 is 1.58. The maximum atomic E-state index is 12.7. The van der Waals surface area contributed by atoms with Gasteiger partial charge in [0.15, 0.2) is 0 Å². The number of carbonyl (C=O) groups excluding carboxylic acids is 2. The fraction of sp³-hybridized carbons (Fsp3) is 0.500. The van der Waals surface area contributed by atoms with Crippen molar-refractivity contribution in [1.82, 2.24) is 19.6 Å². The zero-order valence-electron chi connectivity index (χ0n) is 15.3. The van der Waals surface area contributed by atoms with E-state index in [1.54, 1.807) is 27.8 Å². The highest BCUT2D eigenvalue weighted by Crippen LogP contribution is 2.27. The van der Waals surface area contributed by atoms with E-state index in [1.165, 1.54) is 6.20 Å². The smallest absolute Gasteiger partial charge is 0.244 e. The summed E-state index contributed by atoms with van der Waals surface area (Å²) in [6.45, 7) is 2.39. The molecule has 27 heavy (non-hydrogen) atoms. The van der Waals surface area contributed by atoms with Gasteiger partial charge in [-0.2, -0.15) is 5.10 Å². The van der Waals surface area contributed by atoms with Gasteiger partial charge >= 0.3 is 0 Å². The number of hydrogen-bond donors (Lipinski definition) is 0. The van der Waals surface area contributed by atoms with Crippen molar-refractivity contribution in [2.75, 3.05) is 26.2 Å². The fourth-order valence-corrected chi connectivity index (χ4v) is 4.12. The van der Waals surface area contributed by atoms with E-state index in [-0.39, 0.29) is 29.7 Å². The average molecular weight is 368 g/mol. The first-order chi connectivity index (χ1) is 13.1. The van der Waals surface area contributed by atoms with Crippen LogP contribution in [0.3, 0.4) is 0 Å². The van der Waals surface area contributed by atoms with Crippen molar-refractivity contribution in [2.24, 2.45) is 5.92 Å². The van der Waals surface area contributed by atoms with Gasteiger partial charge in [-0.3, -0.25) is 19.1 Å². The number of piperazine rings is 1. The summed E-state index contributed by atoms with van der Waals surface area (Å²) in [6, 6.07) is 7.18. The molecule has 1 aliphatic carbocycles. The minimum atomic E-state index is -0.145. The van der Waals surface area contributed by atoms with E-state index in [1.807, 2.05) is 11.0 Å². The maximum absolute atomic E-state index is 12.7. The normalized spacial score (nSPS) is 18.2. The van der Waals surface area contributed by atoms with Crippen LogP contribution in [-0.4, -0.2) is 57.6 Å². The molecule has 2 amide bonds. The van der Waals surface area contributed by atoms with Gasteiger partial charge in [-0.05, 0) is 25.0 Å². The van der Waals surface area contributed by atoms with Gasteiger partial charge in [0.25, 0.3) is 0 Å². The molecule has 0 spiro atoms. The van der Waals surface area contributed by atoms with Crippen molar-refractivity contribution in [1.29, 1.82) is 0 Å². The van der Waals surface area contributed by atoms with Crippen molar-refractivity contribution in [3.05, 3.63) is 40.7 Å². The Morgan fingerprint density at radius 1 is 1.00 bits per heavy atom. The number of carbonyl (C=O) groups is 2. The molecule has 0 unspecified atom stereocenters. The second-order valence-corrected chi connectivity index (χ2v) is 7.37. The number of fused-ring (bicyclic) bond motifs is 1. The van der Waals surface area contributed by atoms with Crippen molar-refractivity contribution < 1.29 is 9.59 Å². The highest BCUT2D eigenvalue weighted by atomic mass is 16.2. The van der Waals surface area contributed by atoms with E-state index < -0.39 is 0 Å². The van der Waals surface area contributed by atoms with Crippen LogP contribution in [0.5, 0.6) is 0 Å². The number of nitrogens with zero attached hydrogens (tertiary/aromatic N) is 4. The van der Waals surface area contributed by atoms with Crippen LogP contribution in [0.2, 0.25) is 0 Å². The Morgan fingerprint density at radius 2 is 1.67 bits per heavy atom. The molecule has 7 nitrogen and oxygen atoms in total. The lowest BCUT2D eigenvalue weighted by Gasteiger charge is -2.36. The fourth-order valence-electron chi connectivity index (χ4n) is 4.12. The lowest BCUT2D eigenvalue weighted by Crippen LogP contribution is -2.52. The van der Waals surface area contributed by atoms with Crippen LogP contribution < -0.4 is 5.43 Å². The largest absolute Gasteiger partial charge is 0.339 e. The third-order valence-electron chi connectivity index (χ3n) is 5.70. The summed E-state index contributed by atoms with van der Waals surface area (Å²) in [5.74, 6) is 0.404. The quantitative estimate of drug-likeness (QED) is 0.817. The van der Waals surface area contributed by atoms with Gasteiger partial charge in [0.1, 0.15) is 6.54 Å². The van der Waals surface area contributed by atoms with E-state index >= 15 is 0 Å². The minimum Gasteiger partial charge on any atom is -0.339 e. The van der Waals surface area contributed by atoms with E-state index in [2.05, 4.69) is 5.10 Å². The van der Waals surface area contributed by atoms with Crippen LogP contribution in [0.1, 0.15) is 25.7 Å². The molecule has 2 fully saturated rings. The van der Waals surface area contributed by atoms with E-state index in [0.717, 1.165) is 25.7 Å². The molecule has 2 aliphatic rings. The number of amides is 2. The lowest BCUT2D eigenvalue weighted by atomic mass is 10.1. The molecule has 1 aromatic carbocycles. The Balaban J connectivity index is 1.40. The molecule has 1 aromatic heterocycles. The molecule has 0 N–H and O–H groups in total. The Morgan fingerprint density at radius 3 is 2.41 bits per heavy atom. The van der Waals surface area contributed by atoms with E-state index in [0.29, 0.717) is 37.1 Å². The van der Waals surface area contributed by atoms with Crippen LogP contribution >= 0.6 is 0 Å². The Hall–Kier alpha value is -2.70. The Bertz CT molecular complexity index is 909. The van der Waals surface area contributed by atoms with Gasteiger partial charge in [-0.25, -0.2) is 0 Å². The van der Waals surface area contributed by atoms with Crippen LogP contribution in [0.4, 0.5) is 0 Å². The van der Waals surface area contributed by atoms with Gasteiger partial charge in [0.2, 0.25) is 17.2 Å². The second kappa shape index (κ2) is 7.50. The number of hydrogen-bond acceptors (Lipinski definition) is 4. The van der Waals surface area contributed by atoms with Crippen LogP contribution in [0, 0.1) is 5.92 Å². The molecule has 1 saturated heterocycles. The van der Waals surface area contributed by atoms with Crippen molar-refractivity contribution in [3.8, 4) is 0 Å².